The number of β-amino-alcohol motifs (C(OH)–C–C–N with tert-alkyl or cyclic N) is 1. The molecule has 240 valence electrons. The monoisotopic (exact) mass is 635 g/mol. The first-order chi connectivity index (χ1) is 21.8. The van der Waals surface area contributed by atoms with Crippen molar-refractivity contribution in [2.24, 2.45) is 0 Å². The molecule has 0 bridgehead atoms. The Morgan fingerprint density at radius 2 is 1.82 bits per heavy atom. The molecule has 3 heterocycles. The molecule has 13 heteroatoms. The average molecular weight is 636 g/mol. The molecule has 0 aliphatic carbocycles. The van der Waals surface area contributed by atoms with Gasteiger partial charge in [0.2, 0.25) is 0 Å². The number of fused-ring (bicyclic) bond motifs is 1. The number of piperazine rings is 1. The van der Waals surface area contributed by atoms with Gasteiger partial charge in [0.15, 0.2) is 12.6 Å². The average Bonchev–Trinajstić information content (AvgIpc) is 3.49. The summed E-state index contributed by atoms with van der Waals surface area (Å²) in [5.41, 5.74) is 1.22. The van der Waals surface area contributed by atoms with Crippen LogP contribution in [0.2, 0.25) is 0 Å². The number of rotatable bonds is 13. The third-order valence-electron chi connectivity index (χ3n) is 7.32. The van der Waals surface area contributed by atoms with E-state index in [4.69, 9.17) is 19.1 Å². The number of aliphatic hydroxyl groups is 1. The highest BCUT2D eigenvalue weighted by atomic mass is 32.2. The predicted octanol–water partition coefficient (Wildman–Crippen LogP) is 5.06. The van der Waals surface area contributed by atoms with Crippen molar-refractivity contribution in [3.63, 3.8) is 0 Å². The smallest absolute Gasteiger partial charge is 0.324 e. The van der Waals surface area contributed by atoms with Crippen molar-refractivity contribution in [1.29, 1.82) is 0 Å². The van der Waals surface area contributed by atoms with Crippen molar-refractivity contribution in [1.82, 2.24) is 24.9 Å². The zero-order chi connectivity index (χ0) is 31.6. The fourth-order valence-electron chi connectivity index (χ4n) is 4.84. The van der Waals surface area contributed by atoms with Crippen LogP contribution in [0.5, 0.6) is 5.75 Å². The maximum atomic E-state index is 12.6. The van der Waals surface area contributed by atoms with E-state index < -0.39 is 6.03 Å². The Hall–Kier alpha value is -3.75. The summed E-state index contributed by atoms with van der Waals surface area (Å²) in [4.78, 5) is 27.2. The van der Waals surface area contributed by atoms with Crippen molar-refractivity contribution in [2.75, 3.05) is 69.9 Å². The Labute approximate surface area is 267 Å². The topological polar surface area (TPSA) is 138 Å². The summed E-state index contributed by atoms with van der Waals surface area (Å²) in [6.45, 7) is 12.8. The maximum Gasteiger partial charge on any atom is 0.324 e. The zero-order valence-electron chi connectivity index (χ0n) is 26.0. The first-order valence-corrected chi connectivity index (χ1v) is 15.9. The number of amides is 2. The van der Waals surface area contributed by atoms with Gasteiger partial charge in [0, 0.05) is 66.7 Å². The van der Waals surface area contributed by atoms with Crippen LogP contribution in [0, 0.1) is 0 Å². The molecule has 0 atom stereocenters. The molecule has 0 radical (unpaired) electrons. The number of hydrogen-bond donors (Lipinski definition) is 3. The lowest BCUT2D eigenvalue weighted by atomic mass is 9.93. The molecule has 12 nitrogen and oxygen atoms in total. The molecule has 1 aliphatic heterocycles. The first-order valence-electron chi connectivity index (χ1n) is 15.1. The molecule has 1 saturated heterocycles. The van der Waals surface area contributed by atoms with Gasteiger partial charge >= 0.3 is 6.03 Å². The lowest BCUT2D eigenvalue weighted by molar-refractivity contribution is 0.00950. The van der Waals surface area contributed by atoms with Gasteiger partial charge < -0.3 is 29.3 Å². The van der Waals surface area contributed by atoms with Crippen molar-refractivity contribution >= 4 is 40.2 Å². The van der Waals surface area contributed by atoms with Gasteiger partial charge in [0.25, 0.3) is 0 Å². The van der Waals surface area contributed by atoms with E-state index in [1.807, 2.05) is 63.2 Å². The fraction of sp³-hybridized carbons (Fsp3) is 0.438. The highest BCUT2D eigenvalue weighted by Crippen LogP contribution is 2.34. The number of nitrogens with one attached hydrogen (secondary N) is 2. The number of ether oxygens (including phenoxy) is 2. The summed E-state index contributed by atoms with van der Waals surface area (Å²) < 4.78 is 17.0. The minimum atomic E-state index is -0.417. The van der Waals surface area contributed by atoms with Crippen LogP contribution in [0.3, 0.4) is 0 Å². The van der Waals surface area contributed by atoms with Crippen molar-refractivity contribution in [2.45, 2.75) is 42.5 Å². The molecule has 45 heavy (non-hydrogen) atoms. The first kappa shape index (κ1) is 32.6. The summed E-state index contributed by atoms with van der Waals surface area (Å²) in [5, 5.41) is 20.2. The fourth-order valence-corrected chi connectivity index (χ4v) is 5.76. The van der Waals surface area contributed by atoms with Crippen molar-refractivity contribution in [3.05, 3.63) is 60.6 Å². The number of aliphatic hydroxyl groups excluding tert-OH is 1. The van der Waals surface area contributed by atoms with E-state index in [1.54, 1.807) is 12.4 Å². The number of nitrogens with zero attached hydrogens (tertiary/aromatic N) is 5. The molecule has 1 aliphatic rings. The number of urea groups is 1. The maximum absolute atomic E-state index is 12.6. The van der Waals surface area contributed by atoms with Gasteiger partial charge in [0.1, 0.15) is 22.9 Å². The Morgan fingerprint density at radius 1 is 1.02 bits per heavy atom. The lowest BCUT2D eigenvalue weighted by Crippen LogP contribution is -2.47. The SMILES string of the molecule is CC(C)(C)c1cc(NC(=O)Nc2cccc(Sc3ncnc4ccc(OCOCCCN5CCN(CCO)CC5)cc34)c2)no1. The summed E-state index contributed by atoms with van der Waals surface area (Å²) in [6.07, 6.45) is 2.48. The van der Waals surface area contributed by atoms with E-state index in [2.05, 4.69) is 35.6 Å². The van der Waals surface area contributed by atoms with Gasteiger partial charge in [-0.3, -0.25) is 10.2 Å². The third kappa shape index (κ3) is 9.62. The van der Waals surface area contributed by atoms with Crippen molar-refractivity contribution < 1.29 is 23.9 Å². The Morgan fingerprint density at radius 3 is 2.58 bits per heavy atom. The molecule has 2 aromatic carbocycles. The Balaban J connectivity index is 1.11. The van der Waals surface area contributed by atoms with Gasteiger partial charge in [-0.05, 0) is 42.8 Å². The molecule has 1 fully saturated rings. The number of anilines is 2. The molecular formula is C32H41N7O5S. The molecule has 3 N–H and O–H groups in total. The second-order valence-electron chi connectivity index (χ2n) is 11.8. The second-order valence-corrected chi connectivity index (χ2v) is 12.9. The Kier molecular flexibility index (Phi) is 11.2. The minimum absolute atomic E-state index is 0.160. The van der Waals surface area contributed by atoms with E-state index in [1.165, 1.54) is 11.8 Å². The molecule has 5 rings (SSSR count). The van der Waals surface area contributed by atoms with Gasteiger partial charge in [-0.1, -0.05) is 43.8 Å². The highest BCUT2D eigenvalue weighted by molar-refractivity contribution is 7.99. The van der Waals surface area contributed by atoms with Gasteiger partial charge in [0.05, 0.1) is 18.7 Å². The summed E-state index contributed by atoms with van der Waals surface area (Å²) in [5.74, 6) is 1.71. The van der Waals surface area contributed by atoms with Crippen LogP contribution in [0.25, 0.3) is 10.9 Å². The molecule has 0 unspecified atom stereocenters. The molecule has 0 saturated carbocycles. The summed E-state index contributed by atoms with van der Waals surface area (Å²) in [7, 11) is 0. The Bertz CT molecular complexity index is 1550. The van der Waals surface area contributed by atoms with E-state index in [-0.39, 0.29) is 18.8 Å². The molecule has 2 aromatic heterocycles. The quantitative estimate of drug-likeness (QED) is 0.103. The molecule has 0 spiro atoms. The minimum Gasteiger partial charge on any atom is -0.468 e. The number of carbonyl (C=O) groups is 1. The van der Waals surface area contributed by atoms with Crippen LogP contribution < -0.4 is 15.4 Å². The summed E-state index contributed by atoms with van der Waals surface area (Å²) >= 11 is 1.47. The van der Waals surface area contributed by atoms with E-state index in [0.29, 0.717) is 29.6 Å². The molecular weight excluding hydrogens is 594 g/mol. The van der Waals surface area contributed by atoms with Gasteiger partial charge in [-0.2, -0.15) is 0 Å². The number of aromatic nitrogens is 3. The van der Waals surface area contributed by atoms with E-state index in [0.717, 1.165) is 66.5 Å². The van der Waals surface area contributed by atoms with Gasteiger partial charge in [-0.15, -0.1) is 0 Å². The van der Waals surface area contributed by atoms with Crippen LogP contribution in [0.1, 0.15) is 33.0 Å². The third-order valence-corrected chi connectivity index (χ3v) is 8.33. The second kappa shape index (κ2) is 15.5. The van der Waals surface area contributed by atoms with Crippen LogP contribution >= 0.6 is 11.8 Å². The molecule has 4 aromatic rings. The summed E-state index contributed by atoms with van der Waals surface area (Å²) in [6, 6.07) is 14.5. The van der Waals surface area contributed by atoms with Crippen LogP contribution in [0.15, 0.2) is 69.3 Å². The standard InChI is InChI=1S/C32H41N7O5S/c1-32(2,3)28-20-29(37-44-28)36-31(41)35-23-6-4-7-25(18-23)45-30-26-19-24(8-9-27(26)33-21-34-30)43-22-42-17-5-10-38-11-13-39(14-12-38)15-16-40/h4,6-9,18-21,40H,5,10-17,22H2,1-3H3,(H2,35,36,37,41). The lowest BCUT2D eigenvalue weighted by Gasteiger charge is -2.34. The normalized spacial score (nSPS) is 14.5. The van der Waals surface area contributed by atoms with E-state index in [9.17, 15) is 4.79 Å². The van der Waals surface area contributed by atoms with Gasteiger partial charge in [-0.25, -0.2) is 14.8 Å². The number of carbonyl (C=O) groups excluding carboxylic acids is 1. The predicted molar refractivity (Wildman–Crippen MR) is 174 cm³/mol. The van der Waals surface area contributed by atoms with Crippen LogP contribution in [-0.2, 0) is 10.2 Å². The zero-order valence-corrected chi connectivity index (χ0v) is 26.8. The largest absolute Gasteiger partial charge is 0.468 e. The van der Waals surface area contributed by atoms with E-state index >= 15 is 0 Å². The molecule has 2 amide bonds. The number of benzene rings is 2. The van der Waals surface area contributed by atoms with Crippen molar-refractivity contribution in [3.8, 4) is 5.75 Å². The van der Waals surface area contributed by atoms with Crippen LogP contribution in [-0.4, -0.2) is 95.3 Å². The van der Waals surface area contributed by atoms with Crippen LogP contribution in [0.4, 0.5) is 16.3 Å². The number of hydrogen-bond acceptors (Lipinski definition) is 11. The highest BCUT2D eigenvalue weighted by Gasteiger charge is 2.20.